The number of benzene rings is 1. The van der Waals surface area contributed by atoms with Gasteiger partial charge in [-0.3, -0.25) is 9.89 Å². The van der Waals surface area contributed by atoms with Crippen molar-refractivity contribution < 1.29 is 14.3 Å². The van der Waals surface area contributed by atoms with Crippen molar-refractivity contribution in [2.75, 3.05) is 32.6 Å². The van der Waals surface area contributed by atoms with Crippen LogP contribution in [0.25, 0.3) is 0 Å². The molecule has 1 amide bonds. The van der Waals surface area contributed by atoms with E-state index in [9.17, 15) is 4.79 Å². The van der Waals surface area contributed by atoms with Crippen LogP contribution >= 0.6 is 0 Å². The molecule has 1 atom stereocenters. The number of methoxy groups -OCH3 is 2. The Balaban J connectivity index is 1.74. The van der Waals surface area contributed by atoms with Crippen LogP contribution in [-0.2, 0) is 11.2 Å². The minimum Gasteiger partial charge on any atom is -0.496 e. The van der Waals surface area contributed by atoms with Gasteiger partial charge in [0.25, 0.3) is 0 Å². The smallest absolute Gasteiger partial charge is 0.229 e. The van der Waals surface area contributed by atoms with E-state index in [4.69, 9.17) is 9.47 Å². The number of ether oxygens (including phenoxy) is 2. The maximum absolute atomic E-state index is 12.5. The lowest BCUT2D eigenvalue weighted by atomic mass is 10.0. The monoisotopic (exact) mass is 330 g/mol. The van der Waals surface area contributed by atoms with E-state index >= 15 is 0 Å². The fourth-order valence-electron chi connectivity index (χ4n) is 3.07. The molecule has 2 heterocycles. The maximum atomic E-state index is 12.5. The number of hydrogen-bond acceptors (Lipinski definition) is 5. The Bertz CT molecular complexity index is 685. The van der Waals surface area contributed by atoms with Crippen LogP contribution in [0.2, 0.25) is 0 Å². The molecule has 24 heavy (non-hydrogen) atoms. The molecule has 1 unspecified atom stereocenters. The summed E-state index contributed by atoms with van der Waals surface area (Å²) in [4.78, 5) is 12.5. The van der Waals surface area contributed by atoms with Gasteiger partial charge in [0.05, 0.1) is 38.2 Å². The van der Waals surface area contributed by atoms with E-state index in [1.54, 1.807) is 20.4 Å². The molecule has 0 saturated carbocycles. The highest BCUT2D eigenvalue weighted by Crippen LogP contribution is 2.30. The molecular formula is C17H22N4O3. The second-order valence-corrected chi connectivity index (χ2v) is 5.75. The molecule has 0 aliphatic carbocycles. The minimum absolute atomic E-state index is 0.133. The van der Waals surface area contributed by atoms with Gasteiger partial charge in [-0.05, 0) is 25.1 Å². The Morgan fingerprint density at radius 3 is 2.71 bits per heavy atom. The minimum atomic E-state index is -0.133. The zero-order valence-electron chi connectivity index (χ0n) is 13.9. The molecule has 1 aromatic heterocycles. The summed E-state index contributed by atoms with van der Waals surface area (Å²) >= 11 is 0. The van der Waals surface area contributed by atoms with Gasteiger partial charge in [-0.25, -0.2) is 0 Å². The molecule has 3 N–H and O–H groups in total. The van der Waals surface area contributed by atoms with Crippen LogP contribution in [0.15, 0.2) is 24.4 Å². The molecule has 0 bridgehead atoms. The molecule has 1 aliphatic rings. The van der Waals surface area contributed by atoms with Crippen LogP contribution in [0.1, 0.15) is 23.6 Å². The summed E-state index contributed by atoms with van der Waals surface area (Å²) in [6.07, 6.45) is 2.86. The molecule has 7 heteroatoms. The summed E-state index contributed by atoms with van der Waals surface area (Å²) in [5, 5.41) is 13.3. The van der Waals surface area contributed by atoms with E-state index < -0.39 is 0 Å². The van der Waals surface area contributed by atoms with Crippen molar-refractivity contribution in [1.29, 1.82) is 0 Å². The first-order chi connectivity index (χ1) is 11.7. The van der Waals surface area contributed by atoms with E-state index in [0.29, 0.717) is 17.4 Å². The fourth-order valence-corrected chi connectivity index (χ4v) is 3.07. The zero-order chi connectivity index (χ0) is 16.9. The predicted molar refractivity (Wildman–Crippen MR) is 90.7 cm³/mol. The Hall–Kier alpha value is -2.54. The second kappa shape index (κ2) is 7.35. The number of amides is 1. The first kappa shape index (κ1) is 16.3. The van der Waals surface area contributed by atoms with Crippen molar-refractivity contribution in [2.24, 2.45) is 0 Å². The highest BCUT2D eigenvalue weighted by molar-refractivity contribution is 5.93. The second-order valence-electron chi connectivity index (χ2n) is 5.75. The third-order valence-corrected chi connectivity index (χ3v) is 4.28. The first-order valence-electron chi connectivity index (χ1n) is 7.96. The van der Waals surface area contributed by atoms with Gasteiger partial charge in [0.2, 0.25) is 5.91 Å². The molecule has 1 fully saturated rings. The molecule has 1 aliphatic heterocycles. The van der Waals surface area contributed by atoms with Gasteiger partial charge in [0.15, 0.2) is 0 Å². The normalized spacial score (nSPS) is 16.8. The van der Waals surface area contributed by atoms with E-state index in [1.807, 2.05) is 18.2 Å². The van der Waals surface area contributed by atoms with E-state index in [2.05, 4.69) is 20.8 Å². The van der Waals surface area contributed by atoms with Crippen molar-refractivity contribution in [3.8, 4) is 11.5 Å². The first-order valence-corrected chi connectivity index (χ1v) is 7.96. The van der Waals surface area contributed by atoms with Crippen molar-refractivity contribution in [3.05, 3.63) is 35.7 Å². The fraction of sp³-hybridized carbons (Fsp3) is 0.412. The molecule has 0 radical (unpaired) electrons. The molecular weight excluding hydrogens is 308 g/mol. The van der Waals surface area contributed by atoms with Crippen LogP contribution in [0.5, 0.6) is 11.5 Å². The number of rotatable bonds is 6. The van der Waals surface area contributed by atoms with Crippen molar-refractivity contribution in [1.82, 2.24) is 15.5 Å². The van der Waals surface area contributed by atoms with Gasteiger partial charge in [-0.2, -0.15) is 5.10 Å². The predicted octanol–water partition coefficient (Wildman–Crippen LogP) is 1.68. The van der Waals surface area contributed by atoms with Crippen LogP contribution in [-0.4, -0.2) is 43.4 Å². The van der Waals surface area contributed by atoms with Gasteiger partial charge in [0.1, 0.15) is 11.5 Å². The average Bonchev–Trinajstić information content (AvgIpc) is 3.26. The summed E-state index contributed by atoms with van der Waals surface area (Å²) in [6.45, 7) is 1.88. The number of carbonyl (C=O) groups excluding carboxylic acids is 1. The lowest BCUT2D eigenvalue weighted by molar-refractivity contribution is -0.115. The van der Waals surface area contributed by atoms with Gasteiger partial charge < -0.3 is 20.1 Å². The molecule has 0 spiro atoms. The number of nitrogens with one attached hydrogen (secondary N) is 3. The molecule has 7 nitrogen and oxygen atoms in total. The number of aromatic amines is 1. The third kappa shape index (κ3) is 3.35. The van der Waals surface area contributed by atoms with Crippen molar-refractivity contribution in [2.45, 2.75) is 18.8 Å². The Labute approximate surface area is 140 Å². The number of carbonyl (C=O) groups is 1. The third-order valence-electron chi connectivity index (χ3n) is 4.28. The summed E-state index contributed by atoms with van der Waals surface area (Å²) in [5.74, 6) is 1.49. The highest BCUT2D eigenvalue weighted by Gasteiger charge is 2.23. The molecule has 1 saturated heterocycles. The molecule has 128 valence electrons. The Morgan fingerprint density at radius 1 is 1.33 bits per heavy atom. The SMILES string of the molecule is COc1cccc(OC)c1CC(=O)Nc1cn[nH]c1C1CCNC1. The summed E-state index contributed by atoms with van der Waals surface area (Å²) in [5.41, 5.74) is 2.44. The summed E-state index contributed by atoms with van der Waals surface area (Å²) < 4.78 is 10.7. The number of aromatic nitrogens is 2. The quantitative estimate of drug-likeness (QED) is 0.750. The standard InChI is InChI=1S/C17H22N4O3/c1-23-14-4-3-5-15(24-2)12(14)8-16(22)20-13-10-19-21-17(13)11-6-7-18-9-11/h3-5,10-11,18H,6-9H2,1-2H3,(H,19,21)(H,20,22). The number of H-pyrrole nitrogens is 1. The highest BCUT2D eigenvalue weighted by atomic mass is 16.5. The lowest BCUT2D eigenvalue weighted by Crippen LogP contribution is -2.17. The maximum Gasteiger partial charge on any atom is 0.229 e. The topological polar surface area (TPSA) is 88.3 Å². The van der Waals surface area contributed by atoms with E-state index in [0.717, 1.165) is 36.5 Å². The summed E-state index contributed by atoms with van der Waals surface area (Å²) in [6, 6.07) is 5.47. The van der Waals surface area contributed by atoms with Crippen LogP contribution in [0.3, 0.4) is 0 Å². The number of nitrogens with zero attached hydrogens (tertiary/aromatic N) is 1. The Morgan fingerprint density at radius 2 is 2.08 bits per heavy atom. The van der Waals surface area contributed by atoms with Gasteiger partial charge in [-0.15, -0.1) is 0 Å². The van der Waals surface area contributed by atoms with Crippen LogP contribution < -0.4 is 20.1 Å². The molecule has 1 aromatic carbocycles. The zero-order valence-corrected chi connectivity index (χ0v) is 13.9. The van der Waals surface area contributed by atoms with E-state index in [-0.39, 0.29) is 12.3 Å². The number of anilines is 1. The van der Waals surface area contributed by atoms with Crippen LogP contribution in [0.4, 0.5) is 5.69 Å². The van der Waals surface area contributed by atoms with Gasteiger partial charge in [0, 0.05) is 18.0 Å². The Kier molecular flexibility index (Phi) is 5.00. The largest absolute Gasteiger partial charge is 0.496 e. The molecule has 2 aromatic rings. The van der Waals surface area contributed by atoms with Crippen LogP contribution in [0, 0.1) is 0 Å². The van der Waals surface area contributed by atoms with Crippen molar-refractivity contribution in [3.63, 3.8) is 0 Å². The molecule has 3 rings (SSSR count). The lowest BCUT2D eigenvalue weighted by Gasteiger charge is -2.14. The van der Waals surface area contributed by atoms with E-state index in [1.165, 1.54) is 0 Å². The summed E-state index contributed by atoms with van der Waals surface area (Å²) in [7, 11) is 3.16. The van der Waals surface area contributed by atoms with Crippen molar-refractivity contribution >= 4 is 11.6 Å². The average molecular weight is 330 g/mol. The number of hydrogen-bond donors (Lipinski definition) is 3. The van der Waals surface area contributed by atoms with Gasteiger partial charge >= 0.3 is 0 Å². The van der Waals surface area contributed by atoms with Gasteiger partial charge in [-0.1, -0.05) is 6.07 Å².